The molecule has 3 rings (SSSR count). The number of hydrogen-bond acceptors (Lipinski definition) is 5. The predicted octanol–water partition coefficient (Wildman–Crippen LogP) is 3.38. The molecule has 3 aromatic rings. The van der Waals surface area contributed by atoms with Gasteiger partial charge in [-0.1, -0.05) is 18.2 Å². The third-order valence-corrected chi connectivity index (χ3v) is 3.69. The summed E-state index contributed by atoms with van der Waals surface area (Å²) < 4.78 is 5.27. The first-order chi connectivity index (χ1) is 12.0. The topological polar surface area (TPSA) is 109 Å². The number of nitrogens with one attached hydrogen (secondary N) is 1. The van der Waals surface area contributed by atoms with Crippen LogP contribution in [0.2, 0.25) is 0 Å². The maximum absolute atomic E-state index is 11.6. The van der Waals surface area contributed by atoms with E-state index in [2.05, 4.69) is 10.3 Å². The first kappa shape index (κ1) is 16.3. The number of hydrogen-bond donors (Lipinski definition) is 3. The summed E-state index contributed by atoms with van der Waals surface area (Å²) in [5.74, 6) is -1.70. The molecular formula is C18H14N2O5. The molecule has 0 aliphatic heterocycles. The molecule has 1 heterocycles. The van der Waals surface area contributed by atoms with E-state index >= 15 is 0 Å². The molecule has 0 bridgehead atoms. The molecule has 1 aromatic heterocycles. The molecule has 0 saturated heterocycles. The van der Waals surface area contributed by atoms with Gasteiger partial charge in [0.05, 0.1) is 18.4 Å². The highest BCUT2D eigenvalue weighted by molar-refractivity contribution is 6.06. The van der Waals surface area contributed by atoms with Crippen molar-refractivity contribution in [1.29, 1.82) is 0 Å². The van der Waals surface area contributed by atoms with Gasteiger partial charge in [-0.05, 0) is 24.3 Å². The minimum atomic E-state index is -1.14. The smallest absolute Gasteiger partial charge is 0.339 e. The molecule has 3 N–H and O–H groups in total. The minimum Gasteiger partial charge on any atom is -0.494 e. The summed E-state index contributed by atoms with van der Waals surface area (Å²) in [5, 5.41) is 22.1. The number of anilines is 2. The lowest BCUT2D eigenvalue weighted by atomic mass is 10.1. The van der Waals surface area contributed by atoms with E-state index in [1.165, 1.54) is 25.4 Å². The first-order valence-corrected chi connectivity index (χ1v) is 7.30. The molecule has 7 heteroatoms. The van der Waals surface area contributed by atoms with Gasteiger partial charge in [-0.15, -0.1) is 0 Å². The molecule has 0 unspecified atom stereocenters. The molecule has 0 aliphatic rings. The molecule has 25 heavy (non-hydrogen) atoms. The lowest BCUT2D eigenvalue weighted by Crippen LogP contribution is -2.06. The van der Waals surface area contributed by atoms with E-state index in [0.29, 0.717) is 28.0 Å². The summed E-state index contributed by atoms with van der Waals surface area (Å²) in [6, 6.07) is 11.3. The Morgan fingerprint density at radius 3 is 2.52 bits per heavy atom. The van der Waals surface area contributed by atoms with Gasteiger partial charge in [-0.25, -0.2) is 9.59 Å². The van der Waals surface area contributed by atoms with Crippen molar-refractivity contribution in [1.82, 2.24) is 4.98 Å². The zero-order valence-electron chi connectivity index (χ0n) is 13.2. The van der Waals surface area contributed by atoms with Crippen molar-refractivity contribution >= 4 is 34.2 Å². The van der Waals surface area contributed by atoms with Crippen LogP contribution in [0.1, 0.15) is 20.7 Å². The van der Waals surface area contributed by atoms with Gasteiger partial charge in [0, 0.05) is 17.3 Å². The van der Waals surface area contributed by atoms with E-state index in [1.54, 1.807) is 30.3 Å². The molecule has 7 nitrogen and oxygen atoms in total. The molecule has 0 saturated carbocycles. The summed E-state index contributed by atoms with van der Waals surface area (Å²) in [7, 11) is 1.50. The van der Waals surface area contributed by atoms with E-state index in [0.717, 1.165) is 0 Å². The number of benzene rings is 2. The maximum atomic E-state index is 11.6. The molecular weight excluding hydrogens is 324 g/mol. The van der Waals surface area contributed by atoms with Gasteiger partial charge in [0.1, 0.15) is 16.8 Å². The Bertz CT molecular complexity index is 984. The van der Waals surface area contributed by atoms with Gasteiger partial charge >= 0.3 is 11.9 Å². The van der Waals surface area contributed by atoms with Gasteiger partial charge in [0.25, 0.3) is 0 Å². The molecule has 0 aliphatic carbocycles. The standard InChI is InChI=1S/C18H14N2O5/c1-25-14-7-3-6-12-15(13(18(23)24)9-19-16(12)14)20-11-5-2-4-10(8-11)17(21)22/h2-9H,1H3,(H,19,20)(H,21,22)(H,23,24). The fourth-order valence-corrected chi connectivity index (χ4v) is 2.53. The number of aromatic carboxylic acids is 2. The maximum Gasteiger partial charge on any atom is 0.339 e. The van der Waals surface area contributed by atoms with E-state index in [-0.39, 0.29) is 11.1 Å². The Hall–Kier alpha value is -3.61. The Morgan fingerprint density at radius 2 is 1.84 bits per heavy atom. The number of rotatable bonds is 5. The summed E-state index contributed by atoms with van der Waals surface area (Å²) in [6.07, 6.45) is 1.25. The fourth-order valence-electron chi connectivity index (χ4n) is 2.53. The van der Waals surface area contributed by atoms with Crippen LogP contribution in [0.25, 0.3) is 10.9 Å². The Labute approximate surface area is 142 Å². The van der Waals surface area contributed by atoms with Gasteiger partial charge in [-0.2, -0.15) is 0 Å². The van der Waals surface area contributed by atoms with E-state index in [4.69, 9.17) is 9.84 Å². The highest BCUT2D eigenvalue weighted by Gasteiger charge is 2.17. The fraction of sp³-hybridized carbons (Fsp3) is 0.0556. The largest absolute Gasteiger partial charge is 0.494 e. The highest BCUT2D eigenvalue weighted by Crippen LogP contribution is 2.33. The minimum absolute atomic E-state index is 0.0264. The second-order valence-corrected chi connectivity index (χ2v) is 5.22. The SMILES string of the molecule is COc1cccc2c(Nc3cccc(C(=O)O)c3)c(C(=O)O)cnc12. The molecule has 0 atom stereocenters. The Kier molecular flexibility index (Phi) is 4.21. The number of para-hydroxylation sites is 1. The van der Waals surface area contributed by atoms with Crippen molar-refractivity contribution in [2.24, 2.45) is 0 Å². The quantitative estimate of drug-likeness (QED) is 0.654. The number of carboxylic acid groups (broad SMARTS) is 2. The Morgan fingerprint density at radius 1 is 1.08 bits per heavy atom. The van der Waals surface area contributed by atoms with Crippen molar-refractivity contribution in [3.63, 3.8) is 0 Å². The summed E-state index contributed by atoms with van der Waals surface area (Å²) in [4.78, 5) is 26.9. The third kappa shape index (κ3) is 3.07. The number of nitrogens with zero attached hydrogens (tertiary/aromatic N) is 1. The molecule has 0 radical (unpaired) electrons. The van der Waals surface area contributed by atoms with Crippen molar-refractivity contribution in [2.45, 2.75) is 0 Å². The van der Waals surface area contributed by atoms with E-state index in [1.807, 2.05) is 0 Å². The van der Waals surface area contributed by atoms with Gasteiger partial charge in [0.2, 0.25) is 0 Å². The van der Waals surface area contributed by atoms with E-state index in [9.17, 15) is 14.7 Å². The molecule has 126 valence electrons. The number of methoxy groups -OCH3 is 1. The lowest BCUT2D eigenvalue weighted by Gasteiger charge is -2.14. The van der Waals surface area contributed by atoms with Crippen LogP contribution in [0.3, 0.4) is 0 Å². The summed E-state index contributed by atoms with van der Waals surface area (Å²) >= 11 is 0. The lowest BCUT2D eigenvalue weighted by molar-refractivity contribution is 0.0686. The van der Waals surface area contributed by atoms with Gasteiger partial charge in [-0.3, -0.25) is 4.98 Å². The summed E-state index contributed by atoms with van der Waals surface area (Å²) in [5.41, 5.74) is 1.35. The zero-order chi connectivity index (χ0) is 18.0. The van der Waals surface area contributed by atoms with Crippen LogP contribution in [-0.4, -0.2) is 34.2 Å². The molecule has 2 aromatic carbocycles. The van der Waals surface area contributed by atoms with Crippen LogP contribution < -0.4 is 10.1 Å². The van der Waals surface area contributed by atoms with Crippen molar-refractivity contribution < 1.29 is 24.5 Å². The first-order valence-electron chi connectivity index (χ1n) is 7.30. The molecule has 0 amide bonds. The van der Waals surface area contributed by atoms with Crippen LogP contribution in [0.15, 0.2) is 48.7 Å². The molecule has 0 spiro atoms. The zero-order valence-corrected chi connectivity index (χ0v) is 13.2. The number of fused-ring (bicyclic) bond motifs is 1. The highest BCUT2D eigenvalue weighted by atomic mass is 16.5. The van der Waals surface area contributed by atoms with Crippen LogP contribution in [0.4, 0.5) is 11.4 Å². The number of pyridine rings is 1. The van der Waals surface area contributed by atoms with Crippen molar-refractivity contribution in [3.05, 3.63) is 59.8 Å². The van der Waals surface area contributed by atoms with Crippen LogP contribution >= 0.6 is 0 Å². The average molecular weight is 338 g/mol. The van der Waals surface area contributed by atoms with Crippen LogP contribution in [0.5, 0.6) is 5.75 Å². The van der Waals surface area contributed by atoms with Gasteiger partial charge < -0.3 is 20.3 Å². The summed E-state index contributed by atoms with van der Waals surface area (Å²) in [6.45, 7) is 0. The van der Waals surface area contributed by atoms with Gasteiger partial charge in [0.15, 0.2) is 0 Å². The predicted molar refractivity (Wildman–Crippen MR) is 91.9 cm³/mol. The normalized spacial score (nSPS) is 10.4. The number of ether oxygens (including phenoxy) is 1. The monoisotopic (exact) mass is 338 g/mol. The molecule has 0 fully saturated rings. The van der Waals surface area contributed by atoms with Crippen LogP contribution in [-0.2, 0) is 0 Å². The van der Waals surface area contributed by atoms with Crippen LogP contribution in [0, 0.1) is 0 Å². The third-order valence-electron chi connectivity index (χ3n) is 3.69. The van der Waals surface area contributed by atoms with E-state index < -0.39 is 11.9 Å². The second kappa shape index (κ2) is 6.48. The average Bonchev–Trinajstić information content (AvgIpc) is 2.61. The Balaban J connectivity index is 2.19. The number of carbonyl (C=O) groups is 2. The second-order valence-electron chi connectivity index (χ2n) is 5.22. The number of carboxylic acids is 2. The number of aromatic nitrogens is 1. The van der Waals surface area contributed by atoms with Crippen molar-refractivity contribution in [2.75, 3.05) is 12.4 Å². The van der Waals surface area contributed by atoms with Crippen molar-refractivity contribution in [3.8, 4) is 5.75 Å².